The Morgan fingerprint density at radius 3 is 2.78 bits per heavy atom. The number of nitrogens with one attached hydrogen (secondary N) is 1. The number of hydrogen-bond donors (Lipinski definition) is 2. The second kappa shape index (κ2) is 5.19. The summed E-state index contributed by atoms with van der Waals surface area (Å²) in [6, 6.07) is 6.90. The summed E-state index contributed by atoms with van der Waals surface area (Å²) in [5.41, 5.74) is 6.09. The molecule has 96 valence electrons. The van der Waals surface area contributed by atoms with E-state index in [1.807, 2.05) is 0 Å². The van der Waals surface area contributed by atoms with Gasteiger partial charge in [-0.1, -0.05) is 35.1 Å². The van der Waals surface area contributed by atoms with Gasteiger partial charge in [0, 0.05) is 11.6 Å². The van der Waals surface area contributed by atoms with Gasteiger partial charge in [0.2, 0.25) is 9.47 Å². The van der Waals surface area contributed by atoms with Crippen LogP contribution in [-0.2, 0) is 16.6 Å². The van der Waals surface area contributed by atoms with Crippen molar-refractivity contribution in [2.24, 2.45) is 0 Å². The van der Waals surface area contributed by atoms with Gasteiger partial charge in [0.15, 0.2) is 0 Å². The minimum absolute atomic E-state index is 0.109. The summed E-state index contributed by atoms with van der Waals surface area (Å²) in [6.45, 7) is 0.127. The van der Waals surface area contributed by atoms with Gasteiger partial charge in [0.25, 0.3) is 10.0 Å². The molecule has 2 aromatic rings. The number of nitrogens with two attached hydrogens (primary N) is 1. The van der Waals surface area contributed by atoms with E-state index in [0.717, 1.165) is 16.9 Å². The smallest absolute Gasteiger partial charge is 0.270 e. The van der Waals surface area contributed by atoms with Crippen LogP contribution in [0.4, 0.5) is 5.13 Å². The lowest BCUT2D eigenvalue weighted by atomic mass is 10.2. The number of halogens is 1. The average molecular weight is 305 g/mol. The molecule has 0 bridgehead atoms. The second-order valence-electron chi connectivity index (χ2n) is 3.36. The van der Waals surface area contributed by atoms with Crippen molar-refractivity contribution in [1.29, 1.82) is 0 Å². The number of hydrogen-bond acceptors (Lipinski definition) is 6. The molecule has 18 heavy (non-hydrogen) atoms. The van der Waals surface area contributed by atoms with Crippen molar-refractivity contribution in [3.63, 3.8) is 0 Å². The number of nitrogen functional groups attached to an aromatic ring is 1. The standard InChI is InChI=1S/C9H9ClN4O2S2/c10-7-3-1-2-6(4-7)5-12-18(15,16)9-14-13-8(11)17-9/h1-4,12H,5H2,(H2,11,13). The Morgan fingerprint density at radius 2 is 2.17 bits per heavy atom. The third-order valence-electron chi connectivity index (χ3n) is 2.01. The van der Waals surface area contributed by atoms with Crippen molar-refractivity contribution in [2.75, 3.05) is 5.73 Å². The maximum Gasteiger partial charge on any atom is 0.270 e. The summed E-state index contributed by atoms with van der Waals surface area (Å²) in [4.78, 5) is 0. The fraction of sp³-hybridized carbons (Fsp3) is 0.111. The molecular formula is C9H9ClN4O2S2. The summed E-state index contributed by atoms with van der Waals surface area (Å²) in [5.74, 6) is 0. The van der Waals surface area contributed by atoms with E-state index >= 15 is 0 Å². The summed E-state index contributed by atoms with van der Waals surface area (Å²) >= 11 is 6.61. The van der Waals surface area contributed by atoms with E-state index in [2.05, 4.69) is 14.9 Å². The van der Waals surface area contributed by atoms with Crippen LogP contribution in [-0.4, -0.2) is 18.6 Å². The van der Waals surface area contributed by atoms with Gasteiger partial charge in [-0.3, -0.25) is 0 Å². The van der Waals surface area contributed by atoms with E-state index < -0.39 is 10.0 Å². The number of sulfonamides is 1. The second-order valence-corrected chi connectivity index (χ2v) is 6.75. The fourth-order valence-corrected chi connectivity index (χ4v) is 3.27. The summed E-state index contributed by atoms with van der Waals surface area (Å²) in [6.07, 6.45) is 0. The highest BCUT2D eigenvalue weighted by Crippen LogP contribution is 2.17. The van der Waals surface area contributed by atoms with Crippen LogP contribution in [0.1, 0.15) is 5.56 Å². The Balaban J connectivity index is 2.10. The molecule has 0 fully saturated rings. The van der Waals surface area contributed by atoms with Gasteiger partial charge >= 0.3 is 0 Å². The van der Waals surface area contributed by atoms with Gasteiger partial charge in [-0.15, -0.1) is 10.2 Å². The Morgan fingerprint density at radius 1 is 1.39 bits per heavy atom. The van der Waals surface area contributed by atoms with E-state index in [4.69, 9.17) is 17.3 Å². The molecule has 0 aliphatic heterocycles. The van der Waals surface area contributed by atoms with Crippen LogP contribution in [0.5, 0.6) is 0 Å². The molecule has 1 aromatic carbocycles. The van der Waals surface area contributed by atoms with Crippen molar-refractivity contribution in [2.45, 2.75) is 10.9 Å². The molecule has 0 radical (unpaired) electrons. The van der Waals surface area contributed by atoms with Gasteiger partial charge < -0.3 is 5.73 Å². The highest BCUT2D eigenvalue weighted by Gasteiger charge is 2.18. The summed E-state index contributed by atoms with van der Waals surface area (Å²) in [5, 5.41) is 7.60. The molecule has 9 heteroatoms. The maximum atomic E-state index is 11.8. The molecule has 1 aromatic heterocycles. The van der Waals surface area contributed by atoms with E-state index in [-0.39, 0.29) is 16.0 Å². The zero-order valence-electron chi connectivity index (χ0n) is 9.00. The Hall–Kier alpha value is -1.22. The minimum atomic E-state index is -3.68. The van der Waals surface area contributed by atoms with Gasteiger partial charge in [-0.25, -0.2) is 13.1 Å². The fourth-order valence-electron chi connectivity index (χ4n) is 1.22. The van der Waals surface area contributed by atoms with Gasteiger partial charge in [-0.05, 0) is 17.7 Å². The third kappa shape index (κ3) is 3.16. The number of anilines is 1. The van der Waals surface area contributed by atoms with Crippen molar-refractivity contribution >= 4 is 38.1 Å². The van der Waals surface area contributed by atoms with Gasteiger partial charge in [0.1, 0.15) is 0 Å². The molecule has 0 unspecified atom stereocenters. The molecule has 1 heterocycles. The lowest BCUT2D eigenvalue weighted by Gasteiger charge is -2.03. The Bertz CT molecular complexity index is 656. The van der Waals surface area contributed by atoms with Crippen LogP contribution in [0.3, 0.4) is 0 Å². The van der Waals surface area contributed by atoms with Crippen LogP contribution in [0, 0.1) is 0 Å². The molecule has 6 nitrogen and oxygen atoms in total. The monoisotopic (exact) mass is 304 g/mol. The Labute approximate surface area is 113 Å². The molecule has 2 rings (SSSR count). The highest BCUT2D eigenvalue weighted by atomic mass is 35.5. The van der Waals surface area contributed by atoms with E-state index in [1.54, 1.807) is 24.3 Å². The first-order valence-corrected chi connectivity index (χ1v) is 7.48. The first-order valence-electron chi connectivity index (χ1n) is 4.80. The normalized spacial score (nSPS) is 11.6. The van der Waals surface area contributed by atoms with E-state index in [1.165, 1.54) is 0 Å². The van der Waals surface area contributed by atoms with Crippen molar-refractivity contribution in [1.82, 2.24) is 14.9 Å². The lowest BCUT2D eigenvalue weighted by molar-refractivity contribution is 0.579. The zero-order valence-corrected chi connectivity index (χ0v) is 11.4. The maximum absolute atomic E-state index is 11.8. The van der Waals surface area contributed by atoms with Crippen LogP contribution in [0.2, 0.25) is 5.02 Å². The number of aromatic nitrogens is 2. The van der Waals surface area contributed by atoms with Crippen LogP contribution in [0.15, 0.2) is 28.6 Å². The topological polar surface area (TPSA) is 98.0 Å². The predicted molar refractivity (Wildman–Crippen MR) is 69.8 cm³/mol. The molecule has 0 aliphatic carbocycles. The van der Waals surface area contributed by atoms with E-state index in [0.29, 0.717) is 5.02 Å². The molecule has 0 spiro atoms. The number of benzene rings is 1. The quantitative estimate of drug-likeness (QED) is 0.886. The highest BCUT2D eigenvalue weighted by molar-refractivity contribution is 7.91. The van der Waals surface area contributed by atoms with Crippen molar-refractivity contribution < 1.29 is 8.42 Å². The minimum Gasteiger partial charge on any atom is -0.374 e. The molecular weight excluding hydrogens is 296 g/mol. The zero-order chi connectivity index (χ0) is 13.2. The van der Waals surface area contributed by atoms with Gasteiger partial charge in [0.05, 0.1) is 0 Å². The van der Waals surface area contributed by atoms with Crippen LogP contribution in [0.25, 0.3) is 0 Å². The first kappa shape index (κ1) is 13.2. The largest absolute Gasteiger partial charge is 0.374 e. The van der Waals surface area contributed by atoms with Crippen molar-refractivity contribution in [3.05, 3.63) is 34.9 Å². The molecule has 0 saturated carbocycles. The van der Waals surface area contributed by atoms with Crippen molar-refractivity contribution in [3.8, 4) is 0 Å². The SMILES string of the molecule is Nc1nnc(S(=O)(=O)NCc2cccc(Cl)c2)s1. The average Bonchev–Trinajstić information content (AvgIpc) is 2.74. The predicted octanol–water partition coefficient (Wildman–Crippen LogP) is 1.25. The third-order valence-corrected chi connectivity index (χ3v) is 4.76. The van der Waals surface area contributed by atoms with E-state index in [9.17, 15) is 8.42 Å². The summed E-state index contributed by atoms with van der Waals surface area (Å²) < 4.78 is 25.9. The first-order chi connectivity index (χ1) is 8.47. The lowest BCUT2D eigenvalue weighted by Crippen LogP contribution is -2.23. The molecule has 0 saturated heterocycles. The molecule has 0 amide bonds. The molecule has 3 N–H and O–H groups in total. The number of rotatable bonds is 4. The van der Waals surface area contributed by atoms with Crippen LogP contribution < -0.4 is 10.5 Å². The van der Waals surface area contributed by atoms with Gasteiger partial charge in [-0.2, -0.15) is 0 Å². The molecule has 0 atom stereocenters. The summed E-state index contributed by atoms with van der Waals surface area (Å²) in [7, 11) is -3.68. The Kier molecular flexibility index (Phi) is 3.81. The molecule has 0 aliphatic rings. The van der Waals surface area contributed by atoms with Crippen LogP contribution >= 0.6 is 22.9 Å². The number of nitrogens with zero attached hydrogens (tertiary/aromatic N) is 2.